The average molecular weight is 333 g/mol. The molecule has 0 bridgehead atoms. The molecule has 2 N–H and O–H groups in total. The van der Waals surface area contributed by atoms with Gasteiger partial charge >= 0.3 is 12.0 Å². The summed E-state index contributed by atoms with van der Waals surface area (Å²) in [4.78, 5) is 35.8. The van der Waals surface area contributed by atoms with Crippen molar-refractivity contribution < 1.29 is 14.7 Å². The fraction of sp³-hybridized carbons (Fsp3) is 0.625. The van der Waals surface area contributed by atoms with Gasteiger partial charge in [-0.25, -0.2) is 14.8 Å². The molecule has 3 heterocycles. The van der Waals surface area contributed by atoms with Crippen LogP contribution < -0.4 is 10.2 Å². The van der Waals surface area contributed by atoms with Gasteiger partial charge < -0.3 is 20.2 Å². The minimum absolute atomic E-state index is 0.0280. The topological polar surface area (TPSA) is 98.7 Å². The Morgan fingerprint density at radius 1 is 1.12 bits per heavy atom. The number of hydrogen-bond acceptors (Lipinski definition) is 5. The molecule has 0 aromatic carbocycles. The second-order valence-corrected chi connectivity index (χ2v) is 6.41. The van der Waals surface area contributed by atoms with E-state index in [1.807, 2.05) is 0 Å². The standard InChI is InChI=1S/C16H23N5O3/c22-14(23)12-4-1-9-21(10-12)16(24)19-13-5-2-8-20(11-13)15-17-6-3-7-18-15/h3,6-7,12-13H,1-2,4-5,8-11H2,(H,19,24)(H,22,23). The van der Waals surface area contributed by atoms with Crippen molar-refractivity contribution in [3.63, 3.8) is 0 Å². The monoisotopic (exact) mass is 333 g/mol. The third kappa shape index (κ3) is 3.93. The average Bonchev–Trinajstić information content (AvgIpc) is 2.63. The lowest BCUT2D eigenvalue weighted by Crippen LogP contribution is -2.54. The highest BCUT2D eigenvalue weighted by molar-refractivity contribution is 5.76. The molecular formula is C16H23N5O3. The maximum atomic E-state index is 12.4. The molecule has 0 spiro atoms. The van der Waals surface area contributed by atoms with Gasteiger partial charge in [-0.2, -0.15) is 0 Å². The number of piperidine rings is 2. The first-order valence-electron chi connectivity index (χ1n) is 8.43. The van der Waals surface area contributed by atoms with Gasteiger partial charge in [0.2, 0.25) is 5.95 Å². The molecule has 1 aromatic rings. The molecule has 24 heavy (non-hydrogen) atoms. The van der Waals surface area contributed by atoms with Crippen molar-refractivity contribution >= 4 is 17.9 Å². The van der Waals surface area contributed by atoms with E-state index in [1.54, 1.807) is 23.4 Å². The van der Waals surface area contributed by atoms with Crippen LogP contribution in [0.3, 0.4) is 0 Å². The Morgan fingerprint density at radius 3 is 2.62 bits per heavy atom. The Balaban J connectivity index is 1.55. The van der Waals surface area contributed by atoms with Gasteiger partial charge in [-0.1, -0.05) is 0 Å². The van der Waals surface area contributed by atoms with Crippen molar-refractivity contribution in [3.8, 4) is 0 Å². The Hall–Kier alpha value is -2.38. The summed E-state index contributed by atoms with van der Waals surface area (Å²) in [6.07, 6.45) is 6.67. The zero-order valence-corrected chi connectivity index (χ0v) is 13.6. The van der Waals surface area contributed by atoms with Crippen molar-refractivity contribution in [3.05, 3.63) is 18.5 Å². The number of carboxylic acids is 1. The summed E-state index contributed by atoms with van der Waals surface area (Å²) in [5, 5.41) is 12.2. The Morgan fingerprint density at radius 2 is 1.88 bits per heavy atom. The number of anilines is 1. The predicted molar refractivity (Wildman–Crippen MR) is 87.7 cm³/mol. The van der Waals surface area contributed by atoms with Gasteiger partial charge in [0.05, 0.1) is 5.92 Å². The fourth-order valence-corrected chi connectivity index (χ4v) is 3.36. The summed E-state index contributed by atoms with van der Waals surface area (Å²) in [5.74, 6) is -0.594. The molecule has 0 aliphatic carbocycles. The molecule has 2 aliphatic rings. The van der Waals surface area contributed by atoms with Crippen LogP contribution in [0.1, 0.15) is 25.7 Å². The molecule has 8 nitrogen and oxygen atoms in total. The Kier molecular flexibility index (Phi) is 5.12. The first kappa shape index (κ1) is 16.5. The van der Waals surface area contributed by atoms with Crippen molar-refractivity contribution in [2.45, 2.75) is 31.7 Å². The number of hydrogen-bond donors (Lipinski definition) is 2. The van der Waals surface area contributed by atoms with Crippen molar-refractivity contribution in [1.29, 1.82) is 0 Å². The number of carboxylic acid groups (broad SMARTS) is 1. The van der Waals surface area contributed by atoms with E-state index < -0.39 is 11.9 Å². The van der Waals surface area contributed by atoms with Gasteiger partial charge in [-0.05, 0) is 31.7 Å². The number of aliphatic carboxylic acids is 1. The summed E-state index contributed by atoms with van der Waals surface area (Å²) in [6, 6.07) is 1.64. The van der Waals surface area contributed by atoms with Crippen LogP contribution in [-0.4, -0.2) is 64.2 Å². The Bertz CT molecular complexity index is 582. The molecule has 1 aromatic heterocycles. The quantitative estimate of drug-likeness (QED) is 0.854. The van der Waals surface area contributed by atoms with Crippen LogP contribution in [0, 0.1) is 5.92 Å². The third-order valence-corrected chi connectivity index (χ3v) is 4.64. The zero-order valence-electron chi connectivity index (χ0n) is 13.6. The molecule has 130 valence electrons. The minimum Gasteiger partial charge on any atom is -0.481 e. The molecule has 8 heteroatoms. The van der Waals surface area contributed by atoms with Gasteiger partial charge in [0.1, 0.15) is 0 Å². The molecular weight excluding hydrogens is 310 g/mol. The van der Waals surface area contributed by atoms with E-state index in [1.165, 1.54) is 0 Å². The summed E-state index contributed by atoms with van der Waals surface area (Å²) < 4.78 is 0. The first-order valence-corrected chi connectivity index (χ1v) is 8.43. The molecule has 2 unspecified atom stereocenters. The number of nitrogens with zero attached hydrogens (tertiary/aromatic N) is 4. The number of likely N-dealkylation sites (tertiary alicyclic amines) is 1. The van der Waals surface area contributed by atoms with Gasteiger partial charge in [0.25, 0.3) is 0 Å². The van der Waals surface area contributed by atoms with Crippen LogP contribution >= 0.6 is 0 Å². The number of rotatable bonds is 3. The molecule has 3 rings (SSSR count). The largest absolute Gasteiger partial charge is 0.481 e. The number of carbonyl (C=O) groups is 2. The summed E-state index contributed by atoms with van der Waals surface area (Å²) >= 11 is 0. The number of nitrogens with one attached hydrogen (secondary N) is 1. The van der Waals surface area contributed by atoms with E-state index in [9.17, 15) is 9.59 Å². The van der Waals surface area contributed by atoms with Gasteiger partial charge in [-0.15, -0.1) is 0 Å². The smallest absolute Gasteiger partial charge is 0.317 e. The maximum absolute atomic E-state index is 12.4. The molecule has 0 radical (unpaired) electrons. The Labute approximate surface area is 140 Å². The first-order chi connectivity index (χ1) is 11.6. The van der Waals surface area contributed by atoms with Crippen molar-refractivity contribution in [2.24, 2.45) is 5.92 Å². The highest BCUT2D eigenvalue weighted by atomic mass is 16.4. The number of aromatic nitrogens is 2. The van der Waals surface area contributed by atoms with E-state index in [0.717, 1.165) is 25.8 Å². The highest BCUT2D eigenvalue weighted by Gasteiger charge is 2.30. The number of carbonyl (C=O) groups excluding carboxylic acids is 1. The minimum atomic E-state index is -0.822. The lowest BCUT2D eigenvalue weighted by atomic mass is 9.98. The summed E-state index contributed by atoms with van der Waals surface area (Å²) in [6.45, 7) is 2.46. The number of amides is 2. The molecule has 0 saturated carbocycles. The van der Waals surface area contributed by atoms with Crippen LogP contribution in [0.4, 0.5) is 10.7 Å². The van der Waals surface area contributed by atoms with Crippen LogP contribution in [0.15, 0.2) is 18.5 Å². The summed E-state index contributed by atoms with van der Waals surface area (Å²) in [5.41, 5.74) is 0. The normalized spacial score (nSPS) is 24.5. The van der Waals surface area contributed by atoms with Crippen LogP contribution in [-0.2, 0) is 4.79 Å². The fourth-order valence-electron chi connectivity index (χ4n) is 3.36. The molecule has 2 aliphatic heterocycles. The third-order valence-electron chi connectivity index (χ3n) is 4.64. The molecule has 2 saturated heterocycles. The van der Waals surface area contributed by atoms with Crippen LogP contribution in [0.5, 0.6) is 0 Å². The lowest BCUT2D eigenvalue weighted by Gasteiger charge is -2.36. The van der Waals surface area contributed by atoms with E-state index in [4.69, 9.17) is 5.11 Å². The number of urea groups is 1. The SMILES string of the molecule is O=C(O)C1CCCN(C(=O)NC2CCCN(c3ncccn3)C2)C1. The van der Waals surface area contributed by atoms with E-state index in [-0.39, 0.29) is 12.1 Å². The second-order valence-electron chi connectivity index (χ2n) is 6.41. The lowest BCUT2D eigenvalue weighted by molar-refractivity contribution is -0.143. The van der Waals surface area contributed by atoms with Crippen LogP contribution in [0.25, 0.3) is 0 Å². The van der Waals surface area contributed by atoms with Gasteiger partial charge in [0.15, 0.2) is 0 Å². The van der Waals surface area contributed by atoms with Gasteiger partial charge in [-0.3, -0.25) is 4.79 Å². The zero-order chi connectivity index (χ0) is 16.9. The molecule has 2 atom stereocenters. The molecule has 2 fully saturated rings. The van der Waals surface area contributed by atoms with E-state index >= 15 is 0 Å². The van der Waals surface area contributed by atoms with E-state index in [2.05, 4.69) is 20.2 Å². The highest BCUT2D eigenvalue weighted by Crippen LogP contribution is 2.18. The van der Waals surface area contributed by atoms with Crippen molar-refractivity contribution in [1.82, 2.24) is 20.2 Å². The van der Waals surface area contributed by atoms with Crippen LogP contribution in [0.2, 0.25) is 0 Å². The summed E-state index contributed by atoms with van der Waals surface area (Å²) in [7, 11) is 0. The molecule has 2 amide bonds. The van der Waals surface area contributed by atoms with Crippen molar-refractivity contribution in [2.75, 3.05) is 31.1 Å². The van der Waals surface area contributed by atoms with Gasteiger partial charge in [0, 0.05) is 44.6 Å². The predicted octanol–water partition coefficient (Wildman–Crippen LogP) is 0.952. The van der Waals surface area contributed by atoms with E-state index in [0.29, 0.717) is 32.0 Å². The maximum Gasteiger partial charge on any atom is 0.317 e. The second kappa shape index (κ2) is 7.46.